The fourth-order valence-corrected chi connectivity index (χ4v) is 2.34. The molecule has 2 N–H and O–H groups in total. The fourth-order valence-electron chi connectivity index (χ4n) is 2.34. The summed E-state index contributed by atoms with van der Waals surface area (Å²) in [6.07, 6.45) is 1.08. The van der Waals surface area contributed by atoms with Gasteiger partial charge in [0, 0.05) is 0 Å². The molecule has 0 fully saturated rings. The topological polar surface area (TPSA) is 26.0 Å². The van der Waals surface area contributed by atoms with Crippen LogP contribution < -0.4 is 5.73 Å². The minimum absolute atomic E-state index is 0.570. The molecule has 1 unspecified atom stereocenters. The molecular formula is C16H21N. The molecule has 0 radical (unpaired) electrons. The van der Waals surface area contributed by atoms with Gasteiger partial charge in [-0.1, -0.05) is 56.3 Å². The Morgan fingerprint density at radius 3 is 2.41 bits per heavy atom. The van der Waals surface area contributed by atoms with E-state index in [0.29, 0.717) is 11.8 Å². The molecule has 2 aromatic rings. The van der Waals surface area contributed by atoms with Crippen molar-refractivity contribution in [1.82, 2.24) is 0 Å². The largest absolute Gasteiger partial charge is 0.330 e. The standard InChI is InChI=1S/C16H21N/c1-12(2)15(11-17)10-14-8-5-7-13-6-3-4-9-16(13)14/h3-9,12,15H,10-11,17H2,1-2H3. The van der Waals surface area contributed by atoms with Crippen molar-refractivity contribution in [2.75, 3.05) is 6.54 Å². The average molecular weight is 227 g/mol. The molecule has 0 aromatic heterocycles. The Balaban J connectivity index is 2.35. The van der Waals surface area contributed by atoms with Gasteiger partial charge >= 0.3 is 0 Å². The van der Waals surface area contributed by atoms with Gasteiger partial charge in [-0.25, -0.2) is 0 Å². The molecule has 17 heavy (non-hydrogen) atoms. The summed E-state index contributed by atoms with van der Waals surface area (Å²) < 4.78 is 0. The van der Waals surface area contributed by atoms with Crippen molar-refractivity contribution in [2.45, 2.75) is 20.3 Å². The van der Waals surface area contributed by atoms with Gasteiger partial charge in [0.15, 0.2) is 0 Å². The third-order valence-electron chi connectivity index (χ3n) is 3.61. The predicted molar refractivity (Wildman–Crippen MR) is 75.0 cm³/mol. The van der Waals surface area contributed by atoms with Crippen LogP contribution in [-0.4, -0.2) is 6.54 Å². The minimum atomic E-state index is 0.570. The van der Waals surface area contributed by atoms with Crippen LogP contribution in [0.15, 0.2) is 42.5 Å². The quantitative estimate of drug-likeness (QED) is 0.848. The SMILES string of the molecule is CC(C)C(CN)Cc1cccc2ccccc12. The first-order valence-electron chi connectivity index (χ1n) is 6.39. The number of hydrogen-bond acceptors (Lipinski definition) is 1. The monoisotopic (exact) mass is 227 g/mol. The highest BCUT2D eigenvalue weighted by molar-refractivity contribution is 5.85. The highest BCUT2D eigenvalue weighted by Gasteiger charge is 2.13. The molecule has 1 nitrogen and oxygen atoms in total. The van der Waals surface area contributed by atoms with E-state index >= 15 is 0 Å². The highest BCUT2D eigenvalue weighted by atomic mass is 14.5. The Morgan fingerprint density at radius 1 is 1.00 bits per heavy atom. The smallest absolute Gasteiger partial charge is 0.00432 e. The van der Waals surface area contributed by atoms with Crippen molar-refractivity contribution in [3.8, 4) is 0 Å². The molecule has 0 heterocycles. The molecule has 0 saturated carbocycles. The zero-order valence-corrected chi connectivity index (χ0v) is 10.7. The van der Waals surface area contributed by atoms with E-state index in [1.54, 1.807) is 0 Å². The van der Waals surface area contributed by atoms with E-state index in [4.69, 9.17) is 5.73 Å². The number of benzene rings is 2. The van der Waals surface area contributed by atoms with E-state index < -0.39 is 0 Å². The molecule has 0 aliphatic heterocycles. The van der Waals surface area contributed by atoms with Gasteiger partial charge in [-0.15, -0.1) is 0 Å². The van der Waals surface area contributed by atoms with E-state index in [-0.39, 0.29) is 0 Å². The molecule has 1 heteroatoms. The van der Waals surface area contributed by atoms with Gasteiger partial charge in [0.1, 0.15) is 0 Å². The van der Waals surface area contributed by atoms with E-state index in [2.05, 4.69) is 56.3 Å². The Kier molecular flexibility index (Phi) is 3.80. The van der Waals surface area contributed by atoms with Crippen LogP contribution in [-0.2, 0) is 6.42 Å². The molecule has 1 atom stereocenters. The molecule has 0 bridgehead atoms. The summed E-state index contributed by atoms with van der Waals surface area (Å²) in [4.78, 5) is 0. The van der Waals surface area contributed by atoms with Crippen LogP contribution in [0.5, 0.6) is 0 Å². The maximum absolute atomic E-state index is 5.87. The number of hydrogen-bond donors (Lipinski definition) is 1. The second kappa shape index (κ2) is 5.33. The van der Waals surface area contributed by atoms with Crippen LogP contribution in [0.3, 0.4) is 0 Å². The highest BCUT2D eigenvalue weighted by Crippen LogP contribution is 2.23. The molecule has 90 valence electrons. The van der Waals surface area contributed by atoms with Crippen molar-refractivity contribution in [2.24, 2.45) is 17.6 Å². The number of fused-ring (bicyclic) bond motifs is 1. The third-order valence-corrected chi connectivity index (χ3v) is 3.61. The van der Waals surface area contributed by atoms with Gasteiger partial charge in [-0.2, -0.15) is 0 Å². The summed E-state index contributed by atoms with van der Waals surface area (Å²) in [7, 11) is 0. The summed E-state index contributed by atoms with van der Waals surface area (Å²) >= 11 is 0. The third kappa shape index (κ3) is 2.67. The van der Waals surface area contributed by atoms with Crippen molar-refractivity contribution in [1.29, 1.82) is 0 Å². The van der Waals surface area contributed by atoms with Gasteiger partial charge in [-0.3, -0.25) is 0 Å². The van der Waals surface area contributed by atoms with E-state index in [0.717, 1.165) is 13.0 Å². The van der Waals surface area contributed by atoms with Gasteiger partial charge in [0.05, 0.1) is 0 Å². The Morgan fingerprint density at radius 2 is 1.71 bits per heavy atom. The second-order valence-electron chi connectivity index (χ2n) is 5.08. The van der Waals surface area contributed by atoms with Gasteiger partial charge in [-0.05, 0) is 41.1 Å². The summed E-state index contributed by atoms with van der Waals surface area (Å²) in [6, 6.07) is 15.1. The molecular weight excluding hydrogens is 206 g/mol. The summed E-state index contributed by atoms with van der Waals surface area (Å²) in [5, 5.41) is 2.69. The van der Waals surface area contributed by atoms with Crippen LogP contribution in [0.4, 0.5) is 0 Å². The van der Waals surface area contributed by atoms with Crippen molar-refractivity contribution in [3.63, 3.8) is 0 Å². The average Bonchev–Trinajstić information content (AvgIpc) is 2.35. The predicted octanol–water partition coefficient (Wildman–Crippen LogP) is 3.61. The van der Waals surface area contributed by atoms with E-state index in [1.165, 1.54) is 16.3 Å². The molecule has 0 spiro atoms. The first-order chi connectivity index (χ1) is 8.22. The lowest BCUT2D eigenvalue weighted by Gasteiger charge is -2.19. The van der Waals surface area contributed by atoms with Gasteiger partial charge < -0.3 is 5.73 Å². The molecule has 0 aliphatic carbocycles. The zero-order valence-electron chi connectivity index (χ0n) is 10.7. The van der Waals surface area contributed by atoms with E-state index in [9.17, 15) is 0 Å². The molecule has 0 aliphatic rings. The minimum Gasteiger partial charge on any atom is -0.330 e. The van der Waals surface area contributed by atoms with Gasteiger partial charge in [0.2, 0.25) is 0 Å². The van der Waals surface area contributed by atoms with Crippen molar-refractivity contribution < 1.29 is 0 Å². The Bertz CT molecular complexity index is 482. The maximum atomic E-state index is 5.87. The van der Waals surface area contributed by atoms with Crippen LogP contribution in [0.1, 0.15) is 19.4 Å². The molecule has 0 saturated heterocycles. The molecule has 0 amide bonds. The zero-order chi connectivity index (χ0) is 12.3. The van der Waals surface area contributed by atoms with E-state index in [1.807, 2.05) is 0 Å². The first-order valence-corrected chi connectivity index (χ1v) is 6.39. The van der Waals surface area contributed by atoms with Crippen molar-refractivity contribution >= 4 is 10.8 Å². The first kappa shape index (κ1) is 12.1. The Labute approximate surface area is 104 Å². The summed E-state index contributed by atoms with van der Waals surface area (Å²) in [5.74, 6) is 1.21. The van der Waals surface area contributed by atoms with Crippen LogP contribution in [0.2, 0.25) is 0 Å². The second-order valence-corrected chi connectivity index (χ2v) is 5.08. The fraction of sp³-hybridized carbons (Fsp3) is 0.375. The maximum Gasteiger partial charge on any atom is -0.00432 e. The normalized spacial score (nSPS) is 13.2. The van der Waals surface area contributed by atoms with Crippen LogP contribution in [0, 0.1) is 11.8 Å². The van der Waals surface area contributed by atoms with Crippen LogP contribution in [0.25, 0.3) is 10.8 Å². The lowest BCUT2D eigenvalue weighted by molar-refractivity contribution is 0.393. The lowest BCUT2D eigenvalue weighted by atomic mass is 9.87. The van der Waals surface area contributed by atoms with Crippen molar-refractivity contribution in [3.05, 3.63) is 48.0 Å². The number of nitrogens with two attached hydrogens (primary N) is 1. The number of rotatable bonds is 4. The molecule has 2 aromatic carbocycles. The van der Waals surface area contributed by atoms with Crippen LogP contribution >= 0.6 is 0 Å². The summed E-state index contributed by atoms with van der Waals surface area (Å²) in [5.41, 5.74) is 7.29. The van der Waals surface area contributed by atoms with Gasteiger partial charge in [0.25, 0.3) is 0 Å². The summed E-state index contributed by atoms with van der Waals surface area (Å²) in [6.45, 7) is 5.27. The lowest BCUT2D eigenvalue weighted by Crippen LogP contribution is -2.22. The Hall–Kier alpha value is -1.34. The molecule has 2 rings (SSSR count).